The summed E-state index contributed by atoms with van der Waals surface area (Å²) in [6.07, 6.45) is 8.72. The van der Waals surface area contributed by atoms with Crippen LogP contribution in [0.5, 0.6) is 0 Å². The monoisotopic (exact) mass is 413 g/mol. The molecule has 2 aliphatic rings. The first-order valence-electron chi connectivity index (χ1n) is 8.82. The molecule has 4 heterocycles. The van der Waals surface area contributed by atoms with Crippen LogP contribution in [-0.4, -0.2) is 69.8 Å². The summed E-state index contributed by atoms with van der Waals surface area (Å²) in [6, 6.07) is 3.70. The van der Waals surface area contributed by atoms with Gasteiger partial charge in [-0.1, -0.05) is 0 Å². The molecule has 0 bridgehead atoms. The van der Waals surface area contributed by atoms with Gasteiger partial charge in [0.15, 0.2) is 0 Å². The second kappa shape index (κ2) is 9.34. The molecule has 0 aromatic carbocycles. The summed E-state index contributed by atoms with van der Waals surface area (Å²) < 4.78 is 1.86. The van der Waals surface area contributed by atoms with Crippen molar-refractivity contribution in [3.05, 3.63) is 36.9 Å². The van der Waals surface area contributed by atoms with Crippen molar-refractivity contribution in [1.29, 1.82) is 0 Å². The number of aromatic nitrogens is 4. The Labute approximate surface area is 171 Å². The lowest BCUT2D eigenvalue weighted by Crippen LogP contribution is -2.59. The Balaban J connectivity index is 0.00000131. The molecular weight excluding hydrogens is 389 g/mol. The quantitative estimate of drug-likeness (QED) is 0.806. The molecule has 148 valence electrons. The van der Waals surface area contributed by atoms with E-state index in [1.54, 1.807) is 18.6 Å². The molecule has 0 spiro atoms. The molecule has 2 aromatic rings. The molecule has 8 nitrogen and oxygen atoms in total. The molecular formula is C17H25Cl2N7O. The summed E-state index contributed by atoms with van der Waals surface area (Å²) in [5.74, 6) is 0.921. The number of hydrogen-bond donors (Lipinski definition) is 1. The lowest BCUT2D eigenvalue weighted by atomic mass is 9.86. The van der Waals surface area contributed by atoms with Gasteiger partial charge in [-0.25, -0.2) is 9.97 Å². The Morgan fingerprint density at radius 1 is 0.963 bits per heavy atom. The molecule has 10 heteroatoms. The Morgan fingerprint density at radius 2 is 1.63 bits per heavy atom. The van der Waals surface area contributed by atoms with Crippen molar-refractivity contribution < 1.29 is 4.79 Å². The van der Waals surface area contributed by atoms with E-state index in [1.165, 1.54) is 0 Å². The maximum Gasteiger partial charge on any atom is 0.250 e. The summed E-state index contributed by atoms with van der Waals surface area (Å²) in [7, 11) is 0. The van der Waals surface area contributed by atoms with Crippen LogP contribution >= 0.6 is 24.8 Å². The molecule has 0 atom stereocenters. The van der Waals surface area contributed by atoms with Gasteiger partial charge in [0.05, 0.1) is 0 Å². The van der Waals surface area contributed by atoms with Gasteiger partial charge in [-0.2, -0.15) is 5.10 Å². The first-order valence-corrected chi connectivity index (χ1v) is 8.82. The van der Waals surface area contributed by atoms with Gasteiger partial charge in [0.1, 0.15) is 5.54 Å². The van der Waals surface area contributed by atoms with Crippen molar-refractivity contribution in [2.45, 2.75) is 18.4 Å². The highest BCUT2D eigenvalue weighted by Crippen LogP contribution is 2.30. The third kappa shape index (κ3) is 4.17. The fraction of sp³-hybridized carbons (Fsp3) is 0.529. The van der Waals surface area contributed by atoms with Crippen LogP contribution in [0.1, 0.15) is 12.8 Å². The SMILES string of the molecule is Cl.Cl.O=C(N1CCN(c2ncccn2)CC1)C1(n2cccn2)CCNCC1. The lowest BCUT2D eigenvalue weighted by molar-refractivity contribution is -0.143. The average Bonchev–Trinajstić information content (AvgIpc) is 3.24. The second-order valence-electron chi connectivity index (χ2n) is 6.56. The average molecular weight is 414 g/mol. The zero-order chi connectivity index (χ0) is 17.1. The molecule has 2 aliphatic heterocycles. The summed E-state index contributed by atoms with van der Waals surface area (Å²) >= 11 is 0. The van der Waals surface area contributed by atoms with Crippen LogP contribution in [0.25, 0.3) is 0 Å². The molecule has 1 N–H and O–H groups in total. The standard InChI is InChI=1S/C17H23N7O.2ClH/c25-15(17(3-8-18-9-4-17)24-10-2-7-21-24)22-11-13-23(14-12-22)16-19-5-1-6-20-16;;/h1-2,5-7,10,18H,3-4,8-9,11-14H2;2*1H. The van der Waals surface area contributed by atoms with Crippen molar-refractivity contribution >= 4 is 36.7 Å². The molecule has 4 rings (SSSR count). The minimum atomic E-state index is -0.555. The smallest absolute Gasteiger partial charge is 0.250 e. The minimum absolute atomic E-state index is 0. The maximum absolute atomic E-state index is 13.4. The van der Waals surface area contributed by atoms with E-state index in [2.05, 4.69) is 25.3 Å². The number of nitrogens with zero attached hydrogens (tertiary/aromatic N) is 6. The van der Waals surface area contributed by atoms with Crippen LogP contribution in [0, 0.1) is 0 Å². The largest absolute Gasteiger partial charge is 0.337 e. The number of anilines is 1. The van der Waals surface area contributed by atoms with Crippen LogP contribution in [-0.2, 0) is 10.3 Å². The number of carbonyl (C=O) groups excluding carboxylic acids is 1. The van der Waals surface area contributed by atoms with Crippen molar-refractivity contribution in [3.63, 3.8) is 0 Å². The van der Waals surface area contributed by atoms with Gasteiger partial charge in [0.2, 0.25) is 5.95 Å². The number of piperidine rings is 1. The number of rotatable bonds is 3. The van der Waals surface area contributed by atoms with Crippen LogP contribution in [0.4, 0.5) is 5.95 Å². The number of halogens is 2. The minimum Gasteiger partial charge on any atom is -0.337 e. The molecule has 2 aromatic heterocycles. The van der Waals surface area contributed by atoms with Gasteiger partial charge in [0.25, 0.3) is 5.91 Å². The van der Waals surface area contributed by atoms with Gasteiger partial charge in [-0.3, -0.25) is 9.48 Å². The van der Waals surface area contributed by atoms with E-state index in [9.17, 15) is 4.79 Å². The number of carbonyl (C=O) groups is 1. The molecule has 0 unspecified atom stereocenters. The number of hydrogen-bond acceptors (Lipinski definition) is 6. The predicted octanol–water partition coefficient (Wildman–Crippen LogP) is 0.944. The summed E-state index contributed by atoms with van der Waals surface area (Å²) in [5.41, 5.74) is -0.555. The van der Waals surface area contributed by atoms with E-state index in [1.807, 2.05) is 27.9 Å². The summed E-state index contributed by atoms with van der Waals surface area (Å²) in [5, 5.41) is 7.75. The zero-order valence-corrected chi connectivity index (χ0v) is 16.7. The topological polar surface area (TPSA) is 79.2 Å². The Kier molecular flexibility index (Phi) is 7.41. The Hall–Kier alpha value is -1.90. The van der Waals surface area contributed by atoms with Gasteiger partial charge in [-0.05, 0) is 38.1 Å². The maximum atomic E-state index is 13.4. The summed E-state index contributed by atoms with van der Waals surface area (Å²) in [4.78, 5) is 26.1. The highest BCUT2D eigenvalue weighted by atomic mass is 35.5. The first kappa shape index (κ1) is 21.4. The molecule has 27 heavy (non-hydrogen) atoms. The number of nitrogens with one attached hydrogen (secondary N) is 1. The Bertz CT molecular complexity index is 699. The predicted molar refractivity (Wildman–Crippen MR) is 108 cm³/mol. The second-order valence-corrected chi connectivity index (χ2v) is 6.56. The van der Waals surface area contributed by atoms with Crippen molar-refractivity contribution in [2.75, 3.05) is 44.2 Å². The van der Waals surface area contributed by atoms with E-state index in [-0.39, 0.29) is 30.7 Å². The highest BCUT2D eigenvalue weighted by Gasteiger charge is 2.45. The molecule has 0 radical (unpaired) electrons. The lowest BCUT2D eigenvalue weighted by Gasteiger charge is -2.43. The molecule has 0 saturated carbocycles. The van der Waals surface area contributed by atoms with Crippen molar-refractivity contribution in [3.8, 4) is 0 Å². The van der Waals surface area contributed by atoms with Crippen molar-refractivity contribution in [1.82, 2.24) is 30.0 Å². The van der Waals surface area contributed by atoms with Crippen LogP contribution in [0.2, 0.25) is 0 Å². The molecule has 2 saturated heterocycles. The third-order valence-electron chi connectivity index (χ3n) is 5.17. The fourth-order valence-corrected chi connectivity index (χ4v) is 3.76. The summed E-state index contributed by atoms with van der Waals surface area (Å²) in [6.45, 7) is 4.56. The fourth-order valence-electron chi connectivity index (χ4n) is 3.76. The van der Waals surface area contributed by atoms with E-state index in [0.29, 0.717) is 13.1 Å². The number of amides is 1. The van der Waals surface area contributed by atoms with Gasteiger partial charge in [-0.15, -0.1) is 24.8 Å². The van der Waals surface area contributed by atoms with E-state index < -0.39 is 5.54 Å². The van der Waals surface area contributed by atoms with Gasteiger partial charge < -0.3 is 15.1 Å². The normalized spacial score (nSPS) is 19.0. The Morgan fingerprint density at radius 3 is 2.22 bits per heavy atom. The van der Waals surface area contributed by atoms with Crippen LogP contribution in [0.15, 0.2) is 36.9 Å². The first-order chi connectivity index (χ1) is 12.3. The third-order valence-corrected chi connectivity index (χ3v) is 5.17. The van der Waals surface area contributed by atoms with Gasteiger partial charge in [0, 0.05) is 51.0 Å². The van der Waals surface area contributed by atoms with Crippen molar-refractivity contribution in [2.24, 2.45) is 0 Å². The van der Waals surface area contributed by atoms with E-state index in [0.717, 1.165) is 45.0 Å². The molecule has 0 aliphatic carbocycles. The van der Waals surface area contributed by atoms with E-state index in [4.69, 9.17) is 0 Å². The van der Waals surface area contributed by atoms with Crippen LogP contribution < -0.4 is 10.2 Å². The highest BCUT2D eigenvalue weighted by molar-refractivity contribution is 5.86. The van der Waals surface area contributed by atoms with E-state index >= 15 is 0 Å². The molecule has 2 fully saturated rings. The number of piperazine rings is 1. The van der Waals surface area contributed by atoms with Gasteiger partial charge >= 0.3 is 0 Å². The zero-order valence-electron chi connectivity index (χ0n) is 15.0. The molecule has 1 amide bonds. The van der Waals surface area contributed by atoms with Crippen LogP contribution in [0.3, 0.4) is 0 Å².